The molecule has 0 bridgehead atoms. The van der Waals surface area contributed by atoms with E-state index in [0.29, 0.717) is 19.8 Å². The fourth-order valence-electron chi connectivity index (χ4n) is 1.54. The lowest BCUT2D eigenvalue weighted by Crippen LogP contribution is -2.28. The van der Waals surface area contributed by atoms with Crippen LogP contribution in [0.5, 0.6) is 5.75 Å². The normalized spacial score (nSPS) is 11.9. The van der Waals surface area contributed by atoms with E-state index in [4.69, 9.17) is 15.2 Å². The fraction of sp³-hybridized carbons (Fsp3) is 0.533. The number of amides is 1. The fourth-order valence-corrected chi connectivity index (χ4v) is 1.54. The number of rotatable bonds is 9. The second-order valence-corrected chi connectivity index (χ2v) is 4.52. The van der Waals surface area contributed by atoms with Gasteiger partial charge in [0, 0.05) is 18.8 Å². The average molecular weight is 280 g/mol. The minimum atomic E-state index is -0.449. The van der Waals surface area contributed by atoms with Crippen LogP contribution in [0.15, 0.2) is 24.3 Å². The van der Waals surface area contributed by atoms with Crippen molar-refractivity contribution in [3.8, 4) is 5.75 Å². The number of nitrogens with one attached hydrogen (secondary N) is 1. The summed E-state index contributed by atoms with van der Waals surface area (Å²) in [6.45, 7) is 5.40. The van der Waals surface area contributed by atoms with E-state index in [1.54, 1.807) is 31.2 Å². The van der Waals surface area contributed by atoms with Gasteiger partial charge in [-0.15, -0.1) is 0 Å². The highest BCUT2D eigenvalue weighted by Gasteiger charge is 2.13. The minimum absolute atomic E-state index is 0.142. The number of ether oxygens (including phenoxy) is 2. The highest BCUT2D eigenvalue weighted by molar-refractivity contribution is 5.93. The third kappa shape index (κ3) is 6.04. The van der Waals surface area contributed by atoms with Crippen molar-refractivity contribution in [2.24, 2.45) is 5.73 Å². The van der Waals surface area contributed by atoms with Gasteiger partial charge in [-0.1, -0.05) is 13.3 Å². The number of unbranched alkanes of at least 4 members (excludes halogenated alkanes) is 1. The topological polar surface area (TPSA) is 73.6 Å². The Morgan fingerprint density at radius 2 is 2.00 bits per heavy atom. The van der Waals surface area contributed by atoms with Crippen LogP contribution in [-0.4, -0.2) is 31.8 Å². The Hall–Kier alpha value is -1.59. The molecular weight excluding hydrogens is 256 g/mol. The largest absolute Gasteiger partial charge is 0.492 e. The SMILES string of the molecule is CCCCOC(C)C(=O)Nc1ccc(OCCN)cc1. The summed E-state index contributed by atoms with van der Waals surface area (Å²) < 4.78 is 10.8. The van der Waals surface area contributed by atoms with Crippen molar-refractivity contribution < 1.29 is 14.3 Å². The van der Waals surface area contributed by atoms with Crippen LogP contribution < -0.4 is 15.8 Å². The maximum atomic E-state index is 11.9. The van der Waals surface area contributed by atoms with Crippen molar-refractivity contribution in [1.29, 1.82) is 0 Å². The first-order valence-corrected chi connectivity index (χ1v) is 7.02. The van der Waals surface area contributed by atoms with Gasteiger partial charge in [-0.25, -0.2) is 0 Å². The molecule has 5 heteroatoms. The number of hydrogen-bond acceptors (Lipinski definition) is 4. The van der Waals surface area contributed by atoms with Crippen LogP contribution in [0.25, 0.3) is 0 Å². The van der Waals surface area contributed by atoms with E-state index in [1.165, 1.54) is 0 Å². The summed E-state index contributed by atoms with van der Waals surface area (Å²) >= 11 is 0. The van der Waals surface area contributed by atoms with E-state index in [1.807, 2.05) is 0 Å². The Morgan fingerprint density at radius 3 is 2.60 bits per heavy atom. The van der Waals surface area contributed by atoms with E-state index < -0.39 is 6.10 Å². The van der Waals surface area contributed by atoms with Crippen LogP contribution in [0.3, 0.4) is 0 Å². The summed E-state index contributed by atoms with van der Waals surface area (Å²) in [5, 5.41) is 2.81. The number of nitrogens with two attached hydrogens (primary N) is 1. The number of anilines is 1. The molecule has 1 aromatic rings. The summed E-state index contributed by atoms with van der Waals surface area (Å²) in [6.07, 6.45) is 1.57. The van der Waals surface area contributed by atoms with Crippen LogP contribution in [-0.2, 0) is 9.53 Å². The van der Waals surface area contributed by atoms with Gasteiger partial charge in [-0.05, 0) is 37.6 Å². The Morgan fingerprint density at radius 1 is 1.30 bits per heavy atom. The molecule has 0 saturated heterocycles. The zero-order chi connectivity index (χ0) is 14.8. The van der Waals surface area contributed by atoms with E-state index in [0.717, 1.165) is 24.3 Å². The summed E-state index contributed by atoms with van der Waals surface area (Å²) in [6, 6.07) is 7.19. The molecule has 0 aliphatic heterocycles. The van der Waals surface area contributed by atoms with Gasteiger partial charge in [0.1, 0.15) is 18.5 Å². The molecular formula is C15H24N2O3. The minimum Gasteiger partial charge on any atom is -0.492 e. The van der Waals surface area contributed by atoms with Gasteiger partial charge in [0.05, 0.1) is 0 Å². The molecule has 0 fully saturated rings. The van der Waals surface area contributed by atoms with E-state index in [9.17, 15) is 4.79 Å². The summed E-state index contributed by atoms with van der Waals surface area (Å²) in [7, 11) is 0. The van der Waals surface area contributed by atoms with E-state index >= 15 is 0 Å². The standard InChI is InChI=1S/C15H24N2O3/c1-3-4-10-19-12(2)15(18)17-13-5-7-14(8-6-13)20-11-9-16/h5-8,12H,3-4,9-11,16H2,1-2H3,(H,17,18). The van der Waals surface area contributed by atoms with Crippen molar-refractivity contribution in [2.45, 2.75) is 32.8 Å². The van der Waals surface area contributed by atoms with Crippen molar-refractivity contribution >= 4 is 11.6 Å². The molecule has 0 aliphatic rings. The first-order chi connectivity index (χ1) is 9.67. The number of carbonyl (C=O) groups excluding carboxylic acids is 1. The first-order valence-electron chi connectivity index (χ1n) is 7.02. The van der Waals surface area contributed by atoms with Crippen LogP contribution in [0.4, 0.5) is 5.69 Å². The van der Waals surface area contributed by atoms with Gasteiger partial charge in [-0.2, -0.15) is 0 Å². The molecule has 1 rings (SSSR count). The molecule has 3 N–H and O–H groups in total. The molecule has 1 unspecified atom stereocenters. The number of benzene rings is 1. The van der Waals surface area contributed by atoms with Gasteiger partial charge in [-0.3, -0.25) is 4.79 Å². The number of carbonyl (C=O) groups is 1. The average Bonchev–Trinajstić information content (AvgIpc) is 2.46. The second kappa shape index (κ2) is 9.34. The van der Waals surface area contributed by atoms with Crippen molar-refractivity contribution in [1.82, 2.24) is 0 Å². The first kappa shape index (κ1) is 16.5. The molecule has 1 atom stereocenters. The quantitative estimate of drug-likeness (QED) is 0.680. The molecule has 0 heterocycles. The van der Waals surface area contributed by atoms with Crippen LogP contribution in [0, 0.1) is 0 Å². The molecule has 1 amide bonds. The molecule has 0 aromatic heterocycles. The van der Waals surface area contributed by atoms with Gasteiger partial charge in [0.15, 0.2) is 0 Å². The molecule has 112 valence electrons. The molecule has 20 heavy (non-hydrogen) atoms. The Labute approximate surface area is 120 Å². The highest BCUT2D eigenvalue weighted by Crippen LogP contribution is 2.16. The maximum absolute atomic E-state index is 11.9. The van der Waals surface area contributed by atoms with E-state index in [2.05, 4.69) is 12.2 Å². The van der Waals surface area contributed by atoms with Gasteiger partial charge < -0.3 is 20.5 Å². The van der Waals surface area contributed by atoms with Crippen molar-refractivity contribution in [3.05, 3.63) is 24.3 Å². The lowest BCUT2D eigenvalue weighted by atomic mass is 10.3. The number of hydrogen-bond donors (Lipinski definition) is 2. The van der Waals surface area contributed by atoms with Crippen LogP contribution in [0.2, 0.25) is 0 Å². The molecule has 1 aromatic carbocycles. The molecule has 0 radical (unpaired) electrons. The zero-order valence-electron chi connectivity index (χ0n) is 12.2. The van der Waals surface area contributed by atoms with Gasteiger partial charge in [0.2, 0.25) is 0 Å². The van der Waals surface area contributed by atoms with Crippen molar-refractivity contribution in [3.63, 3.8) is 0 Å². The van der Waals surface area contributed by atoms with Crippen LogP contribution in [0.1, 0.15) is 26.7 Å². The van der Waals surface area contributed by atoms with Gasteiger partial charge >= 0.3 is 0 Å². The Kier molecular flexibility index (Phi) is 7.69. The molecule has 5 nitrogen and oxygen atoms in total. The lowest BCUT2D eigenvalue weighted by molar-refractivity contribution is -0.126. The molecule has 0 spiro atoms. The van der Waals surface area contributed by atoms with Gasteiger partial charge in [0.25, 0.3) is 5.91 Å². The summed E-state index contributed by atoms with van der Waals surface area (Å²) in [5.41, 5.74) is 6.08. The molecule has 0 aliphatic carbocycles. The maximum Gasteiger partial charge on any atom is 0.253 e. The summed E-state index contributed by atoms with van der Waals surface area (Å²) in [4.78, 5) is 11.9. The Bertz CT molecular complexity index is 393. The monoisotopic (exact) mass is 280 g/mol. The second-order valence-electron chi connectivity index (χ2n) is 4.52. The highest BCUT2D eigenvalue weighted by atomic mass is 16.5. The Balaban J connectivity index is 2.41. The van der Waals surface area contributed by atoms with E-state index in [-0.39, 0.29) is 5.91 Å². The third-order valence-electron chi connectivity index (χ3n) is 2.74. The molecule has 0 saturated carbocycles. The predicted molar refractivity (Wildman–Crippen MR) is 79.9 cm³/mol. The predicted octanol–water partition coefficient (Wildman–Crippen LogP) is 2.17. The smallest absolute Gasteiger partial charge is 0.253 e. The van der Waals surface area contributed by atoms with Crippen molar-refractivity contribution in [2.75, 3.05) is 25.1 Å². The summed E-state index contributed by atoms with van der Waals surface area (Å²) in [5.74, 6) is 0.595. The zero-order valence-corrected chi connectivity index (χ0v) is 12.2. The lowest BCUT2D eigenvalue weighted by Gasteiger charge is -2.13. The van der Waals surface area contributed by atoms with Crippen LogP contribution >= 0.6 is 0 Å². The third-order valence-corrected chi connectivity index (χ3v) is 2.74.